The highest BCUT2D eigenvalue weighted by Crippen LogP contribution is 1.97. The largest absolute Gasteiger partial charge is 0.356 e. The summed E-state index contributed by atoms with van der Waals surface area (Å²) in [7, 11) is 1.69. The third kappa shape index (κ3) is 11.6. The number of hydrogen-bond acceptors (Lipinski definition) is 3. The molecule has 5 nitrogen and oxygen atoms in total. The quantitative estimate of drug-likeness (QED) is 0.283. The average molecular weight is 286 g/mol. The molecule has 0 aliphatic carbocycles. The standard InChI is InChI=1S/C13H26N4OS/c1-6-8-19-9-7-15-12(14-5)16-10-11(18)17-13(2,3)4/h6H,1,7-10H2,2-5H3,(H,17,18)(H2,14,15,16). The van der Waals surface area contributed by atoms with E-state index in [1.54, 1.807) is 18.8 Å². The topological polar surface area (TPSA) is 65.5 Å². The normalized spacial score (nSPS) is 11.9. The van der Waals surface area contributed by atoms with Crippen LogP contribution in [0.25, 0.3) is 0 Å². The predicted octanol–water partition coefficient (Wildman–Crippen LogP) is 0.985. The van der Waals surface area contributed by atoms with Gasteiger partial charge in [0.05, 0.1) is 6.54 Å². The van der Waals surface area contributed by atoms with Gasteiger partial charge in [-0.3, -0.25) is 9.79 Å². The summed E-state index contributed by atoms with van der Waals surface area (Å²) < 4.78 is 0. The van der Waals surface area contributed by atoms with Gasteiger partial charge >= 0.3 is 0 Å². The Bertz CT molecular complexity index is 310. The van der Waals surface area contributed by atoms with E-state index in [4.69, 9.17) is 0 Å². The average Bonchev–Trinajstić information content (AvgIpc) is 2.30. The van der Waals surface area contributed by atoms with Crippen LogP contribution in [0.4, 0.5) is 0 Å². The third-order valence-corrected chi connectivity index (χ3v) is 2.89. The zero-order chi connectivity index (χ0) is 14.7. The van der Waals surface area contributed by atoms with E-state index in [0.717, 1.165) is 18.1 Å². The molecule has 0 aromatic rings. The molecule has 0 radical (unpaired) electrons. The molecule has 0 bridgehead atoms. The first-order chi connectivity index (χ1) is 8.89. The van der Waals surface area contributed by atoms with Gasteiger partial charge in [0.2, 0.25) is 5.91 Å². The number of amides is 1. The Morgan fingerprint density at radius 2 is 2.05 bits per heavy atom. The van der Waals surface area contributed by atoms with Crippen LogP contribution < -0.4 is 16.0 Å². The lowest BCUT2D eigenvalue weighted by Crippen LogP contribution is -2.48. The summed E-state index contributed by atoms with van der Waals surface area (Å²) in [6.45, 7) is 10.5. The van der Waals surface area contributed by atoms with E-state index in [1.165, 1.54) is 0 Å². The number of hydrogen-bond donors (Lipinski definition) is 3. The van der Waals surface area contributed by atoms with Gasteiger partial charge in [0.25, 0.3) is 0 Å². The molecule has 0 saturated heterocycles. The van der Waals surface area contributed by atoms with Crippen LogP contribution in [0, 0.1) is 0 Å². The summed E-state index contributed by atoms with van der Waals surface area (Å²) in [4.78, 5) is 15.7. The molecule has 110 valence electrons. The molecule has 0 rings (SSSR count). The predicted molar refractivity (Wildman–Crippen MR) is 84.8 cm³/mol. The molecule has 19 heavy (non-hydrogen) atoms. The lowest BCUT2D eigenvalue weighted by Gasteiger charge is -2.21. The lowest BCUT2D eigenvalue weighted by molar-refractivity contribution is -0.121. The van der Waals surface area contributed by atoms with Crippen LogP contribution in [-0.2, 0) is 4.79 Å². The molecule has 1 amide bonds. The second-order valence-electron chi connectivity index (χ2n) is 5.01. The summed E-state index contributed by atoms with van der Waals surface area (Å²) in [5.74, 6) is 2.52. The van der Waals surface area contributed by atoms with Crippen molar-refractivity contribution in [1.82, 2.24) is 16.0 Å². The minimum absolute atomic E-state index is 0.0449. The molecule has 0 heterocycles. The first-order valence-corrected chi connectivity index (χ1v) is 7.48. The molecule has 0 aromatic heterocycles. The maximum Gasteiger partial charge on any atom is 0.239 e. The van der Waals surface area contributed by atoms with Crippen molar-refractivity contribution in [3.05, 3.63) is 12.7 Å². The van der Waals surface area contributed by atoms with Crippen molar-refractivity contribution in [3.63, 3.8) is 0 Å². The van der Waals surface area contributed by atoms with Crippen LogP contribution in [0.1, 0.15) is 20.8 Å². The Labute approximate surface area is 120 Å². The highest BCUT2D eigenvalue weighted by Gasteiger charge is 2.13. The molecule has 0 saturated carbocycles. The van der Waals surface area contributed by atoms with Gasteiger partial charge < -0.3 is 16.0 Å². The fraction of sp³-hybridized carbons (Fsp3) is 0.692. The maximum absolute atomic E-state index is 11.6. The van der Waals surface area contributed by atoms with Crippen molar-refractivity contribution in [2.45, 2.75) is 26.3 Å². The van der Waals surface area contributed by atoms with Crippen LogP contribution >= 0.6 is 11.8 Å². The smallest absolute Gasteiger partial charge is 0.239 e. The summed E-state index contributed by atoms with van der Waals surface area (Å²) in [5.41, 5.74) is -0.211. The van der Waals surface area contributed by atoms with Crippen LogP contribution in [0.5, 0.6) is 0 Å². The zero-order valence-electron chi connectivity index (χ0n) is 12.4. The molecule has 3 N–H and O–H groups in total. The second kappa shape index (κ2) is 9.72. The molecular formula is C13H26N4OS. The third-order valence-electron chi connectivity index (χ3n) is 1.93. The van der Waals surface area contributed by atoms with E-state index in [9.17, 15) is 4.79 Å². The Morgan fingerprint density at radius 3 is 2.58 bits per heavy atom. The lowest BCUT2D eigenvalue weighted by atomic mass is 10.1. The number of nitrogens with one attached hydrogen (secondary N) is 3. The summed E-state index contributed by atoms with van der Waals surface area (Å²) >= 11 is 1.80. The van der Waals surface area contributed by atoms with Crippen molar-refractivity contribution in [2.75, 3.05) is 31.6 Å². The number of nitrogens with zero attached hydrogens (tertiary/aromatic N) is 1. The number of thioether (sulfide) groups is 1. The number of aliphatic imine (C=N–C) groups is 1. The molecule has 0 spiro atoms. The molecule has 0 atom stereocenters. The monoisotopic (exact) mass is 286 g/mol. The summed E-state index contributed by atoms with van der Waals surface area (Å²) in [5, 5.41) is 9.01. The maximum atomic E-state index is 11.6. The van der Waals surface area contributed by atoms with E-state index in [0.29, 0.717) is 5.96 Å². The Morgan fingerprint density at radius 1 is 1.37 bits per heavy atom. The van der Waals surface area contributed by atoms with E-state index < -0.39 is 0 Å². The second-order valence-corrected chi connectivity index (χ2v) is 6.16. The van der Waals surface area contributed by atoms with Crippen molar-refractivity contribution in [2.24, 2.45) is 4.99 Å². The van der Waals surface area contributed by atoms with Gasteiger partial charge in [0.15, 0.2) is 5.96 Å². The van der Waals surface area contributed by atoms with Gasteiger partial charge in [-0.2, -0.15) is 11.8 Å². The van der Waals surface area contributed by atoms with Crippen LogP contribution in [0.15, 0.2) is 17.6 Å². The SMILES string of the molecule is C=CCSCCNC(=NC)NCC(=O)NC(C)(C)C. The van der Waals surface area contributed by atoms with E-state index in [2.05, 4.69) is 27.5 Å². The van der Waals surface area contributed by atoms with Gasteiger partial charge in [-0.15, -0.1) is 6.58 Å². The molecule has 0 fully saturated rings. The van der Waals surface area contributed by atoms with Gasteiger partial charge in [-0.05, 0) is 20.8 Å². The fourth-order valence-corrected chi connectivity index (χ4v) is 1.84. The fourth-order valence-electron chi connectivity index (χ4n) is 1.26. The highest BCUT2D eigenvalue weighted by molar-refractivity contribution is 7.99. The zero-order valence-corrected chi connectivity index (χ0v) is 13.2. The summed E-state index contributed by atoms with van der Waals surface area (Å²) in [6, 6.07) is 0. The van der Waals surface area contributed by atoms with Crippen molar-refractivity contribution >= 4 is 23.6 Å². The minimum Gasteiger partial charge on any atom is -0.356 e. The molecule has 0 aliphatic heterocycles. The Kier molecular flexibility index (Phi) is 9.12. The highest BCUT2D eigenvalue weighted by atomic mass is 32.2. The van der Waals surface area contributed by atoms with Crippen LogP contribution in [0.3, 0.4) is 0 Å². The Hall–Kier alpha value is -1.17. The number of carbonyl (C=O) groups is 1. The van der Waals surface area contributed by atoms with Crippen molar-refractivity contribution in [3.8, 4) is 0 Å². The van der Waals surface area contributed by atoms with Crippen molar-refractivity contribution < 1.29 is 4.79 Å². The van der Waals surface area contributed by atoms with E-state index in [-0.39, 0.29) is 18.0 Å². The first-order valence-electron chi connectivity index (χ1n) is 6.33. The van der Waals surface area contributed by atoms with Crippen molar-refractivity contribution in [1.29, 1.82) is 0 Å². The van der Waals surface area contributed by atoms with Crippen LogP contribution in [-0.4, -0.2) is 49.0 Å². The van der Waals surface area contributed by atoms with Gasteiger partial charge in [0.1, 0.15) is 0 Å². The number of rotatable bonds is 7. The molecule has 6 heteroatoms. The summed E-state index contributed by atoms with van der Waals surface area (Å²) in [6.07, 6.45) is 1.88. The van der Waals surface area contributed by atoms with Gasteiger partial charge in [-0.1, -0.05) is 6.08 Å². The molecule has 0 unspecified atom stereocenters. The molecule has 0 aliphatic rings. The van der Waals surface area contributed by atoms with Gasteiger partial charge in [-0.25, -0.2) is 0 Å². The van der Waals surface area contributed by atoms with Crippen LogP contribution in [0.2, 0.25) is 0 Å². The molecular weight excluding hydrogens is 260 g/mol. The van der Waals surface area contributed by atoms with E-state index in [1.807, 2.05) is 26.8 Å². The number of guanidine groups is 1. The van der Waals surface area contributed by atoms with Gasteiger partial charge in [0, 0.05) is 30.6 Å². The Balaban J connectivity index is 3.82. The molecule has 0 aromatic carbocycles. The van der Waals surface area contributed by atoms with E-state index >= 15 is 0 Å². The minimum atomic E-state index is -0.211. The first kappa shape index (κ1) is 17.8. The number of carbonyl (C=O) groups excluding carboxylic acids is 1.